The molecule has 4 rings (SSSR count). The van der Waals surface area contributed by atoms with Gasteiger partial charge in [0.25, 0.3) is 11.5 Å². The number of carbonyl (C=O) groups is 2. The van der Waals surface area contributed by atoms with Gasteiger partial charge in [-0.1, -0.05) is 60.7 Å². The van der Waals surface area contributed by atoms with Gasteiger partial charge in [0, 0.05) is 26.6 Å². The van der Waals surface area contributed by atoms with Gasteiger partial charge in [-0.25, -0.2) is 14.3 Å². The fraction of sp³-hybridized carbons (Fsp3) is 0.269. The first-order valence-corrected chi connectivity index (χ1v) is 11.5. The summed E-state index contributed by atoms with van der Waals surface area (Å²) < 4.78 is 8.46. The van der Waals surface area contributed by atoms with E-state index >= 15 is 0 Å². The van der Waals surface area contributed by atoms with E-state index in [-0.39, 0.29) is 17.1 Å². The number of rotatable bonds is 9. The standard InChI is InChI=1S/C26H27N5O5/c1-29-17-28-24-23(29)25(34)31(26(35)30(24)2)15-22(33)36-16-21(32)27-14-13-20(18-9-5-3-6-10-18)19-11-7-4-8-12-19/h3-12,17,20H,13-16H2,1-2H3,(H,27,32). The lowest BCUT2D eigenvalue weighted by Gasteiger charge is -2.18. The Bertz CT molecular complexity index is 1450. The minimum absolute atomic E-state index is 0.0975. The molecule has 1 amide bonds. The lowest BCUT2D eigenvalue weighted by Crippen LogP contribution is -2.42. The number of fused-ring (bicyclic) bond motifs is 1. The SMILES string of the molecule is Cn1cnc2c1c(=O)n(CC(=O)OCC(=O)NCCC(c1ccccc1)c1ccccc1)c(=O)n2C. The highest BCUT2D eigenvalue weighted by Crippen LogP contribution is 2.27. The molecule has 1 N–H and O–H groups in total. The van der Waals surface area contributed by atoms with Crippen molar-refractivity contribution in [3.05, 3.63) is 99.0 Å². The molecule has 10 heteroatoms. The summed E-state index contributed by atoms with van der Waals surface area (Å²) in [7, 11) is 3.08. The molecule has 0 fully saturated rings. The third-order valence-corrected chi connectivity index (χ3v) is 6.01. The van der Waals surface area contributed by atoms with Crippen LogP contribution < -0.4 is 16.6 Å². The number of imidazole rings is 1. The van der Waals surface area contributed by atoms with Crippen molar-refractivity contribution < 1.29 is 14.3 Å². The Morgan fingerprint density at radius 1 is 0.972 bits per heavy atom. The van der Waals surface area contributed by atoms with E-state index in [0.29, 0.717) is 13.0 Å². The van der Waals surface area contributed by atoms with Crippen LogP contribution in [0.3, 0.4) is 0 Å². The molecule has 0 radical (unpaired) electrons. The van der Waals surface area contributed by atoms with Crippen molar-refractivity contribution in [2.45, 2.75) is 18.9 Å². The average molecular weight is 490 g/mol. The van der Waals surface area contributed by atoms with E-state index in [1.165, 1.54) is 22.5 Å². The topological polar surface area (TPSA) is 117 Å². The highest BCUT2D eigenvalue weighted by atomic mass is 16.5. The second-order valence-electron chi connectivity index (χ2n) is 8.43. The molecule has 0 saturated heterocycles. The number of carbonyl (C=O) groups excluding carboxylic acids is 2. The molecule has 0 aliphatic heterocycles. The van der Waals surface area contributed by atoms with Gasteiger partial charge in [0.15, 0.2) is 17.8 Å². The zero-order valence-electron chi connectivity index (χ0n) is 20.1. The second-order valence-corrected chi connectivity index (χ2v) is 8.43. The lowest BCUT2D eigenvalue weighted by molar-refractivity contribution is -0.149. The molecule has 0 saturated carbocycles. The van der Waals surface area contributed by atoms with Gasteiger partial charge >= 0.3 is 11.7 Å². The normalized spacial score (nSPS) is 11.1. The molecule has 4 aromatic rings. The van der Waals surface area contributed by atoms with E-state index in [9.17, 15) is 19.2 Å². The molecule has 0 aliphatic rings. The lowest BCUT2D eigenvalue weighted by atomic mass is 9.88. The number of nitrogens with one attached hydrogen (secondary N) is 1. The maximum absolute atomic E-state index is 12.7. The van der Waals surface area contributed by atoms with Crippen LogP contribution in [0.15, 0.2) is 76.6 Å². The van der Waals surface area contributed by atoms with Gasteiger partial charge in [0.2, 0.25) is 0 Å². The highest BCUT2D eigenvalue weighted by Gasteiger charge is 2.18. The van der Waals surface area contributed by atoms with Gasteiger partial charge in [-0.2, -0.15) is 0 Å². The summed E-state index contributed by atoms with van der Waals surface area (Å²) in [6.07, 6.45) is 2.07. The fourth-order valence-corrected chi connectivity index (χ4v) is 4.16. The van der Waals surface area contributed by atoms with Gasteiger partial charge in [-0.15, -0.1) is 0 Å². The van der Waals surface area contributed by atoms with Crippen molar-refractivity contribution in [3.63, 3.8) is 0 Å². The molecular formula is C26H27N5O5. The number of amides is 1. The van der Waals surface area contributed by atoms with Crippen LogP contribution in [0.1, 0.15) is 23.5 Å². The van der Waals surface area contributed by atoms with E-state index < -0.39 is 36.3 Å². The molecule has 10 nitrogen and oxygen atoms in total. The quantitative estimate of drug-likeness (QED) is 0.355. The van der Waals surface area contributed by atoms with Crippen LogP contribution >= 0.6 is 0 Å². The van der Waals surface area contributed by atoms with Crippen molar-refractivity contribution >= 4 is 23.0 Å². The summed E-state index contributed by atoms with van der Waals surface area (Å²) in [5, 5.41) is 2.77. The maximum Gasteiger partial charge on any atom is 0.333 e. The van der Waals surface area contributed by atoms with Crippen LogP contribution in [0.4, 0.5) is 0 Å². The van der Waals surface area contributed by atoms with Crippen LogP contribution in [-0.2, 0) is 35.0 Å². The fourth-order valence-electron chi connectivity index (χ4n) is 4.16. The second kappa shape index (κ2) is 10.9. The summed E-state index contributed by atoms with van der Waals surface area (Å²) >= 11 is 0. The van der Waals surface area contributed by atoms with Crippen LogP contribution in [0.25, 0.3) is 11.2 Å². The Morgan fingerprint density at radius 3 is 2.19 bits per heavy atom. The van der Waals surface area contributed by atoms with Crippen LogP contribution in [0.2, 0.25) is 0 Å². The van der Waals surface area contributed by atoms with E-state index in [1.54, 1.807) is 7.05 Å². The van der Waals surface area contributed by atoms with Crippen molar-refractivity contribution in [2.75, 3.05) is 13.2 Å². The van der Waals surface area contributed by atoms with Gasteiger partial charge < -0.3 is 14.6 Å². The number of hydrogen-bond acceptors (Lipinski definition) is 6. The molecule has 2 aromatic carbocycles. The average Bonchev–Trinajstić information content (AvgIpc) is 3.29. The number of aromatic nitrogens is 4. The maximum atomic E-state index is 12.7. The van der Waals surface area contributed by atoms with E-state index in [4.69, 9.17) is 4.74 Å². The molecular weight excluding hydrogens is 462 g/mol. The Morgan fingerprint density at radius 2 is 1.58 bits per heavy atom. The first kappa shape index (κ1) is 24.6. The molecule has 2 heterocycles. The number of benzene rings is 2. The largest absolute Gasteiger partial charge is 0.454 e. The molecule has 36 heavy (non-hydrogen) atoms. The third kappa shape index (κ3) is 5.27. The van der Waals surface area contributed by atoms with Crippen molar-refractivity contribution in [1.29, 1.82) is 0 Å². The molecule has 0 spiro atoms. The Balaban J connectivity index is 1.33. The van der Waals surface area contributed by atoms with Gasteiger partial charge in [0.05, 0.1) is 6.33 Å². The predicted molar refractivity (Wildman–Crippen MR) is 134 cm³/mol. The molecule has 2 aromatic heterocycles. The first-order valence-electron chi connectivity index (χ1n) is 11.5. The summed E-state index contributed by atoms with van der Waals surface area (Å²) in [6.45, 7) is -0.741. The number of esters is 1. The monoisotopic (exact) mass is 489 g/mol. The smallest absolute Gasteiger partial charge is 0.333 e. The number of ether oxygens (including phenoxy) is 1. The number of hydrogen-bond donors (Lipinski definition) is 1. The Hall–Kier alpha value is -4.47. The minimum Gasteiger partial charge on any atom is -0.454 e. The van der Waals surface area contributed by atoms with Gasteiger partial charge in [-0.3, -0.25) is 19.0 Å². The Labute approximate surface area is 206 Å². The molecule has 0 aliphatic carbocycles. The van der Waals surface area contributed by atoms with E-state index in [1.807, 2.05) is 36.4 Å². The van der Waals surface area contributed by atoms with Crippen molar-refractivity contribution in [1.82, 2.24) is 24.0 Å². The molecule has 186 valence electrons. The summed E-state index contributed by atoms with van der Waals surface area (Å²) in [5.74, 6) is -1.23. The van der Waals surface area contributed by atoms with Crippen LogP contribution in [-0.4, -0.2) is 43.7 Å². The third-order valence-electron chi connectivity index (χ3n) is 6.01. The van der Waals surface area contributed by atoms with Crippen LogP contribution in [0.5, 0.6) is 0 Å². The van der Waals surface area contributed by atoms with E-state index in [0.717, 1.165) is 15.7 Å². The van der Waals surface area contributed by atoms with Gasteiger partial charge in [-0.05, 0) is 17.5 Å². The predicted octanol–water partition coefficient (Wildman–Crippen LogP) is 1.32. The molecule has 0 atom stereocenters. The highest BCUT2D eigenvalue weighted by molar-refractivity contribution is 5.80. The first-order chi connectivity index (χ1) is 17.4. The zero-order valence-corrected chi connectivity index (χ0v) is 20.1. The van der Waals surface area contributed by atoms with Gasteiger partial charge in [0.1, 0.15) is 6.54 Å². The number of nitrogens with zero attached hydrogens (tertiary/aromatic N) is 4. The number of aryl methyl sites for hydroxylation is 2. The van der Waals surface area contributed by atoms with E-state index in [2.05, 4.69) is 34.6 Å². The summed E-state index contributed by atoms with van der Waals surface area (Å²) in [5.41, 5.74) is 1.35. The van der Waals surface area contributed by atoms with Crippen molar-refractivity contribution in [2.24, 2.45) is 14.1 Å². The molecule has 0 bridgehead atoms. The zero-order chi connectivity index (χ0) is 25.7. The summed E-state index contributed by atoms with van der Waals surface area (Å²) in [6, 6.07) is 20.0. The van der Waals surface area contributed by atoms with Crippen molar-refractivity contribution in [3.8, 4) is 0 Å². The van der Waals surface area contributed by atoms with Crippen LogP contribution in [0, 0.1) is 0 Å². The molecule has 0 unspecified atom stereocenters. The summed E-state index contributed by atoms with van der Waals surface area (Å²) in [4.78, 5) is 53.9. The Kier molecular flexibility index (Phi) is 7.43. The minimum atomic E-state index is -0.864.